The minimum atomic E-state index is -0.343. The Morgan fingerprint density at radius 2 is 2.26 bits per heavy atom. The molecule has 0 saturated carbocycles. The van der Waals surface area contributed by atoms with E-state index in [0.29, 0.717) is 30.6 Å². The van der Waals surface area contributed by atoms with Crippen LogP contribution in [0.25, 0.3) is 5.65 Å². The standard InChI is InChI=1S/C12H19N5O2/c1-4-19-7-9(8(2)3)13-10-5-6-11-14-15-12(18)17(11)16-10/h5-6,8-9H,4,7H2,1-3H3,(H,13,16)(H,15,18). The summed E-state index contributed by atoms with van der Waals surface area (Å²) in [7, 11) is 0. The summed E-state index contributed by atoms with van der Waals surface area (Å²) in [6, 6.07) is 3.69. The number of aromatic nitrogens is 4. The lowest BCUT2D eigenvalue weighted by Gasteiger charge is -2.22. The van der Waals surface area contributed by atoms with Crippen molar-refractivity contribution in [2.75, 3.05) is 18.5 Å². The zero-order chi connectivity index (χ0) is 13.8. The molecule has 2 aromatic heterocycles. The molecule has 1 atom stereocenters. The van der Waals surface area contributed by atoms with E-state index in [-0.39, 0.29) is 11.7 Å². The number of aromatic amines is 1. The lowest BCUT2D eigenvalue weighted by Crippen LogP contribution is -2.31. The first kappa shape index (κ1) is 13.5. The number of rotatable bonds is 6. The Bertz CT molecular complexity index is 589. The number of H-pyrrole nitrogens is 1. The van der Waals surface area contributed by atoms with Crippen LogP contribution in [0.4, 0.5) is 5.82 Å². The smallest absolute Gasteiger partial charge is 0.364 e. The number of fused-ring (bicyclic) bond motifs is 1. The molecule has 2 aromatic rings. The first-order chi connectivity index (χ1) is 9.11. The molecule has 7 nitrogen and oxygen atoms in total. The molecule has 2 rings (SSSR count). The third-order valence-electron chi connectivity index (χ3n) is 2.91. The molecule has 2 N–H and O–H groups in total. The molecular weight excluding hydrogens is 246 g/mol. The van der Waals surface area contributed by atoms with E-state index in [1.165, 1.54) is 4.52 Å². The van der Waals surface area contributed by atoms with Gasteiger partial charge in [-0.2, -0.15) is 9.61 Å². The molecule has 0 aliphatic rings. The van der Waals surface area contributed by atoms with Gasteiger partial charge in [-0.3, -0.25) is 0 Å². The Kier molecular flexibility index (Phi) is 4.16. The monoisotopic (exact) mass is 265 g/mol. The molecule has 0 saturated heterocycles. The number of ether oxygens (including phenoxy) is 1. The first-order valence-electron chi connectivity index (χ1n) is 6.40. The topological polar surface area (TPSA) is 84.3 Å². The summed E-state index contributed by atoms with van der Waals surface area (Å²) >= 11 is 0. The third kappa shape index (κ3) is 3.11. The first-order valence-corrected chi connectivity index (χ1v) is 6.40. The van der Waals surface area contributed by atoms with Crippen LogP contribution in [0.3, 0.4) is 0 Å². The SMILES string of the molecule is CCOCC(Nc1ccc2n[nH]c(=O)n2n1)C(C)C. The minimum Gasteiger partial charge on any atom is -0.380 e. The van der Waals surface area contributed by atoms with Gasteiger partial charge < -0.3 is 10.1 Å². The van der Waals surface area contributed by atoms with Crippen LogP contribution in [-0.2, 0) is 4.74 Å². The largest absolute Gasteiger partial charge is 0.380 e. The van der Waals surface area contributed by atoms with Crippen LogP contribution in [0.15, 0.2) is 16.9 Å². The van der Waals surface area contributed by atoms with Gasteiger partial charge in [0.2, 0.25) is 0 Å². The second-order valence-corrected chi connectivity index (χ2v) is 4.67. The highest BCUT2D eigenvalue weighted by Crippen LogP contribution is 2.11. The molecule has 7 heteroatoms. The van der Waals surface area contributed by atoms with Crippen molar-refractivity contribution in [2.45, 2.75) is 26.8 Å². The van der Waals surface area contributed by atoms with Crippen LogP contribution >= 0.6 is 0 Å². The van der Waals surface area contributed by atoms with Crippen LogP contribution in [0, 0.1) is 5.92 Å². The van der Waals surface area contributed by atoms with Crippen LogP contribution in [0.2, 0.25) is 0 Å². The number of hydrogen-bond acceptors (Lipinski definition) is 5. The van der Waals surface area contributed by atoms with Crippen LogP contribution in [0.1, 0.15) is 20.8 Å². The van der Waals surface area contributed by atoms with E-state index in [0.717, 1.165) is 0 Å². The Morgan fingerprint density at radius 1 is 1.47 bits per heavy atom. The molecule has 0 fully saturated rings. The maximum Gasteiger partial charge on any atom is 0.364 e. The molecule has 104 valence electrons. The van der Waals surface area contributed by atoms with Crippen molar-refractivity contribution in [1.82, 2.24) is 19.8 Å². The van der Waals surface area contributed by atoms with Gasteiger partial charge in [-0.05, 0) is 25.0 Å². The molecule has 0 aliphatic carbocycles. The van der Waals surface area contributed by atoms with Gasteiger partial charge >= 0.3 is 5.69 Å². The molecule has 1 unspecified atom stereocenters. The average Bonchev–Trinajstić information content (AvgIpc) is 2.76. The summed E-state index contributed by atoms with van der Waals surface area (Å²) in [6.07, 6.45) is 0. The van der Waals surface area contributed by atoms with Gasteiger partial charge in [0.15, 0.2) is 5.65 Å². The number of nitrogens with one attached hydrogen (secondary N) is 2. The van der Waals surface area contributed by atoms with Gasteiger partial charge in [0, 0.05) is 6.61 Å². The van der Waals surface area contributed by atoms with E-state index in [1.54, 1.807) is 12.1 Å². The summed E-state index contributed by atoms with van der Waals surface area (Å²) in [6.45, 7) is 7.47. The summed E-state index contributed by atoms with van der Waals surface area (Å²) < 4.78 is 6.68. The molecule has 0 aromatic carbocycles. The van der Waals surface area contributed by atoms with E-state index in [2.05, 4.69) is 34.5 Å². The number of nitrogens with zero attached hydrogens (tertiary/aromatic N) is 3. The Labute approximate surface area is 111 Å². The van der Waals surface area contributed by atoms with E-state index >= 15 is 0 Å². The summed E-state index contributed by atoms with van der Waals surface area (Å²) in [4.78, 5) is 11.5. The maximum absolute atomic E-state index is 11.5. The Hall–Kier alpha value is -1.89. The quantitative estimate of drug-likeness (QED) is 0.810. The van der Waals surface area contributed by atoms with Crippen molar-refractivity contribution in [3.63, 3.8) is 0 Å². The normalized spacial score (nSPS) is 13.1. The maximum atomic E-state index is 11.5. The Balaban J connectivity index is 2.18. The zero-order valence-corrected chi connectivity index (χ0v) is 11.4. The van der Waals surface area contributed by atoms with Gasteiger partial charge in [-0.1, -0.05) is 13.8 Å². The van der Waals surface area contributed by atoms with E-state index in [9.17, 15) is 4.79 Å². The summed E-state index contributed by atoms with van der Waals surface area (Å²) in [5.74, 6) is 1.03. The van der Waals surface area contributed by atoms with Crippen LogP contribution in [0.5, 0.6) is 0 Å². The fourth-order valence-corrected chi connectivity index (χ4v) is 1.72. The van der Waals surface area contributed by atoms with E-state index in [4.69, 9.17) is 4.74 Å². The van der Waals surface area contributed by atoms with Crippen molar-refractivity contribution in [3.8, 4) is 0 Å². The van der Waals surface area contributed by atoms with Crippen molar-refractivity contribution in [3.05, 3.63) is 22.6 Å². The van der Waals surface area contributed by atoms with Gasteiger partial charge in [0.1, 0.15) is 5.82 Å². The van der Waals surface area contributed by atoms with Gasteiger partial charge in [0.05, 0.1) is 12.6 Å². The van der Waals surface area contributed by atoms with Gasteiger partial charge in [-0.25, -0.2) is 9.89 Å². The molecule has 0 radical (unpaired) electrons. The fraction of sp³-hybridized carbons (Fsp3) is 0.583. The number of anilines is 1. The molecule has 2 heterocycles. The predicted octanol–water partition coefficient (Wildman–Crippen LogP) is 0.891. The highest BCUT2D eigenvalue weighted by Gasteiger charge is 2.14. The highest BCUT2D eigenvalue weighted by atomic mass is 16.5. The van der Waals surface area contributed by atoms with Crippen molar-refractivity contribution >= 4 is 11.5 Å². The highest BCUT2D eigenvalue weighted by molar-refractivity contribution is 5.43. The molecule has 0 aliphatic heterocycles. The lowest BCUT2D eigenvalue weighted by atomic mass is 10.1. The van der Waals surface area contributed by atoms with Crippen LogP contribution in [-0.4, -0.2) is 39.1 Å². The van der Waals surface area contributed by atoms with Crippen LogP contribution < -0.4 is 11.0 Å². The lowest BCUT2D eigenvalue weighted by molar-refractivity contribution is 0.126. The van der Waals surface area contributed by atoms with Crippen molar-refractivity contribution in [1.29, 1.82) is 0 Å². The molecule has 0 bridgehead atoms. The second kappa shape index (κ2) is 5.83. The zero-order valence-electron chi connectivity index (χ0n) is 11.4. The summed E-state index contributed by atoms with van der Waals surface area (Å²) in [5, 5.41) is 13.7. The summed E-state index contributed by atoms with van der Waals surface area (Å²) in [5.41, 5.74) is 0.158. The molecule has 0 spiro atoms. The molecule has 0 amide bonds. The minimum absolute atomic E-state index is 0.146. The van der Waals surface area contributed by atoms with E-state index in [1.807, 2.05) is 6.92 Å². The van der Waals surface area contributed by atoms with Crippen molar-refractivity contribution < 1.29 is 4.74 Å². The second-order valence-electron chi connectivity index (χ2n) is 4.67. The average molecular weight is 265 g/mol. The third-order valence-corrected chi connectivity index (χ3v) is 2.91. The molecular formula is C12H19N5O2. The fourth-order valence-electron chi connectivity index (χ4n) is 1.72. The predicted molar refractivity (Wildman–Crippen MR) is 72.3 cm³/mol. The Morgan fingerprint density at radius 3 is 2.95 bits per heavy atom. The van der Waals surface area contributed by atoms with Gasteiger partial charge in [0.25, 0.3) is 0 Å². The van der Waals surface area contributed by atoms with Gasteiger partial charge in [-0.15, -0.1) is 5.10 Å². The molecule has 19 heavy (non-hydrogen) atoms. The van der Waals surface area contributed by atoms with E-state index < -0.39 is 0 Å². The number of hydrogen-bond donors (Lipinski definition) is 2. The van der Waals surface area contributed by atoms with Crippen molar-refractivity contribution in [2.24, 2.45) is 5.92 Å².